The number of halogens is 1. The van der Waals surface area contributed by atoms with Crippen LogP contribution in [0.4, 0.5) is 4.39 Å². The predicted octanol–water partition coefficient (Wildman–Crippen LogP) is 3.99. The number of para-hydroxylation sites is 1. The van der Waals surface area contributed by atoms with Crippen LogP contribution in [0.5, 0.6) is 5.75 Å². The van der Waals surface area contributed by atoms with E-state index in [0.717, 1.165) is 12.0 Å². The van der Waals surface area contributed by atoms with Crippen molar-refractivity contribution >= 4 is 17.2 Å². The van der Waals surface area contributed by atoms with Gasteiger partial charge in [-0.3, -0.25) is 4.79 Å². The lowest BCUT2D eigenvalue weighted by Crippen LogP contribution is -2.31. The van der Waals surface area contributed by atoms with Gasteiger partial charge in [-0.05, 0) is 36.9 Å². The molecular formula is C16H18FNO2S. The number of hydrogen-bond acceptors (Lipinski definition) is 3. The number of hydrogen-bond donors (Lipinski definition) is 1. The van der Waals surface area contributed by atoms with Crippen molar-refractivity contribution in [2.24, 2.45) is 0 Å². The molecule has 1 aromatic heterocycles. The van der Waals surface area contributed by atoms with Gasteiger partial charge >= 0.3 is 0 Å². The Labute approximate surface area is 127 Å². The summed E-state index contributed by atoms with van der Waals surface area (Å²) in [5, 5.41) is 4.77. The van der Waals surface area contributed by atoms with E-state index < -0.39 is 0 Å². The van der Waals surface area contributed by atoms with Gasteiger partial charge in [-0.2, -0.15) is 0 Å². The molecule has 2 aromatic rings. The molecule has 112 valence electrons. The fourth-order valence-electron chi connectivity index (χ4n) is 1.69. The molecule has 21 heavy (non-hydrogen) atoms. The number of benzene rings is 1. The number of carbonyl (C=O) groups excluding carboxylic acids is 1. The van der Waals surface area contributed by atoms with Crippen molar-refractivity contribution in [1.29, 1.82) is 0 Å². The normalized spacial score (nSPS) is 12.0. The Morgan fingerprint density at radius 3 is 2.90 bits per heavy atom. The second kappa shape index (κ2) is 7.22. The van der Waals surface area contributed by atoms with E-state index >= 15 is 0 Å². The number of rotatable bonds is 6. The van der Waals surface area contributed by atoms with E-state index in [0.29, 0.717) is 4.88 Å². The van der Waals surface area contributed by atoms with Gasteiger partial charge in [0.25, 0.3) is 5.91 Å². The molecule has 1 heterocycles. The minimum atomic E-state index is -0.387. The van der Waals surface area contributed by atoms with E-state index in [9.17, 15) is 9.18 Å². The third-order valence-corrected chi connectivity index (χ3v) is 4.08. The van der Waals surface area contributed by atoms with Gasteiger partial charge in [0.2, 0.25) is 0 Å². The SMILES string of the molecule is CCC(C)NC(=O)c1cc(COc2ccccc2F)cs1. The van der Waals surface area contributed by atoms with Gasteiger partial charge in [-0.25, -0.2) is 4.39 Å². The molecule has 1 amide bonds. The van der Waals surface area contributed by atoms with Crippen molar-refractivity contribution in [2.75, 3.05) is 0 Å². The van der Waals surface area contributed by atoms with E-state index in [1.807, 2.05) is 19.2 Å². The van der Waals surface area contributed by atoms with Gasteiger partial charge in [0.15, 0.2) is 11.6 Å². The third kappa shape index (κ3) is 4.29. The number of amides is 1. The zero-order valence-corrected chi connectivity index (χ0v) is 12.9. The maximum absolute atomic E-state index is 13.4. The van der Waals surface area contributed by atoms with Crippen molar-refractivity contribution < 1.29 is 13.9 Å². The monoisotopic (exact) mass is 307 g/mol. The van der Waals surface area contributed by atoms with Crippen LogP contribution in [-0.4, -0.2) is 11.9 Å². The minimum absolute atomic E-state index is 0.0773. The molecule has 1 unspecified atom stereocenters. The summed E-state index contributed by atoms with van der Waals surface area (Å²) in [5.74, 6) is -0.247. The summed E-state index contributed by atoms with van der Waals surface area (Å²) in [5.41, 5.74) is 0.859. The van der Waals surface area contributed by atoms with Crippen LogP contribution in [0, 0.1) is 5.82 Å². The molecule has 0 bridgehead atoms. The van der Waals surface area contributed by atoms with Crippen molar-refractivity contribution in [1.82, 2.24) is 5.32 Å². The zero-order valence-electron chi connectivity index (χ0n) is 12.1. The average Bonchev–Trinajstić information content (AvgIpc) is 2.95. The van der Waals surface area contributed by atoms with E-state index in [2.05, 4.69) is 5.32 Å². The van der Waals surface area contributed by atoms with E-state index in [1.54, 1.807) is 24.3 Å². The highest BCUT2D eigenvalue weighted by atomic mass is 32.1. The molecule has 0 spiro atoms. The van der Waals surface area contributed by atoms with Crippen molar-refractivity contribution in [2.45, 2.75) is 32.9 Å². The van der Waals surface area contributed by atoms with Crippen molar-refractivity contribution in [3.63, 3.8) is 0 Å². The summed E-state index contributed by atoms with van der Waals surface area (Å²) in [7, 11) is 0. The molecule has 0 fully saturated rings. The van der Waals surface area contributed by atoms with Crippen molar-refractivity contribution in [3.05, 3.63) is 52.0 Å². The van der Waals surface area contributed by atoms with Gasteiger partial charge in [0.1, 0.15) is 6.61 Å². The van der Waals surface area contributed by atoms with Gasteiger partial charge < -0.3 is 10.1 Å². The highest BCUT2D eigenvalue weighted by Gasteiger charge is 2.12. The first kappa shape index (κ1) is 15.5. The van der Waals surface area contributed by atoms with Crippen LogP contribution in [0.3, 0.4) is 0 Å². The zero-order chi connectivity index (χ0) is 15.2. The summed E-state index contributed by atoms with van der Waals surface area (Å²) in [6, 6.07) is 8.20. The first-order chi connectivity index (χ1) is 10.1. The number of thiophene rings is 1. The molecule has 0 aliphatic heterocycles. The average molecular weight is 307 g/mol. The molecule has 3 nitrogen and oxygen atoms in total. The van der Waals surface area contributed by atoms with Crippen LogP contribution >= 0.6 is 11.3 Å². The summed E-state index contributed by atoms with van der Waals surface area (Å²) in [4.78, 5) is 12.6. The van der Waals surface area contributed by atoms with Gasteiger partial charge in [-0.1, -0.05) is 19.1 Å². The maximum atomic E-state index is 13.4. The second-order valence-electron chi connectivity index (χ2n) is 4.82. The second-order valence-corrected chi connectivity index (χ2v) is 5.73. The summed E-state index contributed by atoms with van der Waals surface area (Å²) in [6.07, 6.45) is 0.889. The molecule has 0 aliphatic carbocycles. The molecular weight excluding hydrogens is 289 g/mol. The summed E-state index contributed by atoms with van der Waals surface area (Å²) in [6.45, 7) is 4.23. The van der Waals surface area contributed by atoms with Crippen LogP contribution in [-0.2, 0) is 6.61 Å². The Balaban J connectivity index is 1.94. The van der Waals surface area contributed by atoms with E-state index in [4.69, 9.17) is 4.74 Å². The fraction of sp³-hybridized carbons (Fsp3) is 0.312. The Kier molecular flexibility index (Phi) is 5.33. The molecule has 2 rings (SSSR count). The highest BCUT2D eigenvalue weighted by molar-refractivity contribution is 7.12. The Morgan fingerprint density at radius 1 is 1.43 bits per heavy atom. The quantitative estimate of drug-likeness (QED) is 0.876. The Morgan fingerprint density at radius 2 is 2.19 bits per heavy atom. The van der Waals surface area contributed by atoms with Gasteiger partial charge in [-0.15, -0.1) is 11.3 Å². The minimum Gasteiger partial charge on any atom is -0.486 e. The largest absolute Gasteiger partial charge is 0.486 e. The van der Waals surface area contributed by atoms with Gasteiger partial charge in [0.05, 0.1) is 4.88 Å². The number of carbonyl (C=O) groups is 1. The molecule has 1 N–H and O–H groups in total. The smallest absolute Gasteiger partial charge is 0.261 e. The molecule has 0 radical (unpaired) electrons. The number of ether oxygens (including phenoxy) is 1. The lowest BCUT2D eigenvalue weighted by atomic mass is 10.2. The van der Waals surface area contributed by atoms with Crippen LogP contribution in [0.1, 0.15) is 35.5 Å². The molecule has 0 aliphatic rings. The van der Waals surface area contributed by atoms with Crippen molar-refractivity contribution in [3.8, 4) is 5.75 Å². The van der Waals surface area contributed by atoms with Crippen LogP contribution in [0.2, 0.25) is 0 Å². The van der Waals surface area contributed by atoms with E-state index in [-0.39, 0.29) is 30.1 Å². The van der Waals surface area contributed by atoms with Crippen LogP contribution < -0.4 is 10.1 Å². The lowest BCUT2D eigenvalue weighted by molar-refractivity contribution is 0.0943. The molecule has 0 saturated heterocycles. The lowest BCUT2D eigenvalue weighted by Gasteiger charge is -2.09. The first-order valence-corrected chi connectivity index (χ1v) is 7.73. The van der Waals surface area contributed by atoms with Crippen LogP contribution in [0.15, 0.2) is 35.7 Å². The molecule has 5 heteroatoms. The van der Waals surface area contributed by atoms with Gasteiger partial charge in [0, 0.05) is 11.6 Å². The summed E-state index contributed by atoms with van der Waals surface area (Å²) < 4.78 is 18.8. The third-order valence-electron chi connectivity index (χ3n) is 3.10. The highest BCUT2D eigenvalue weighted by Crippen LogP contribution is 2.20. The predicted molar refractivity (Wildman–Crippen MR) is 82.3 cm³/mol. The fourth-order valence-corrected chi connectivity index (χ4v) is 2.49. The molecule has 1 aromatic carbocycles. The Hall–Kier alpha value is -1.88. The van der Waals surface area contributed by atoms with Crippen LogP contribution in [0.25, 0.3) is 0 Å². The molecule has 0 saturated carbocycles. The maximum Gasteiger partial charge on any atom is 0.261 e. The molecule has 1 atom stereocenters. The Bertz CT molecular complexity index is 612. The first-order valence-electron chi connectivity index (χ1n) is 6.85. The van der Waals surface area contributed by atoms with E-state index in [1.165, 1.54) is 17.4 Å². The standard InChI is InChI=1S/C16H18FNO2S/c1-3-11(2)18-16(19)15-8-12(10-21-15)9-20-14-7-5-4-6-13(14)17/h4-8,10-11H,3,9H2,1-2H3,(H,18,19). The number of nitrogens with one attached hydrogen (secondary N) is 1. The topological polar surface area (TPSA) is 38.3 Å². The summed E-state index contributed by atoms with van der Waals surface area (Å²) >= 11 is 1.36.